The minimum atomic E-state index is -3.44. The SMILES string of the molecule is CCN(SN(C)C(=O)F)P1(=O)OC2CCCCC2O1. The van der Waals surface area contributed by atoms with Gasteiger partial charge in [0, 0.05) is 13.6 Å². The quantitative estimate of drug-likeness (QED) is 0.343. The molecule has 0 aromatic heterocycles. The first kappa shape index (κ1) is 15.3. The molecule has 1 aliphatic heterocycles. The first-order valence-electron chi connectivity index (χ1n) is 6.32. The molecular weight excluding hydrogens is 294 g/mol. The zero-order valence-electron chi connectivity index (χ0n) is 11.0. The van der Waals surface area contributed by atoms with Crippen molar-refractivity contribution in [2.45, 2.75) is 44.8 Å². The minimum Gasteiger partial charge on any atom is -0.290 e. The van der Waals surface area contributed by atoms with E-state index in [4.69, 9.17) is 9.05 Å². The van der Waals surface area contributed by atoms with E-state index in [0.717, 1.165) is 42.1 Å². The molecule has 9 heteroatoms. The summed E-state index contributed by atoms with van der Waals surface area (Å²) < 4.78 is 38.4. The third-order valence-corrected chi connectivity index (χ3v) is 6.75. The van der Waals surface area contributed by atoms with Gasteiger partial charge in [-0.2, -0.15) is 0 Å². The lowest BCUT2D eigenvalue weighted by Gasteiger charge is -2.26. The molecule has 0 spiro atoms. The van der Waals surface area contributed by atoms with Crippen molar-refractivity contribution in [3.05, 3.63) is 0 Å². The number of carbonyl (C=O) groups is 1. The van der Waals surface area contributed by atoms with Gasteiger partial charge in [-0.05, 0) is 12.8 Å². The fourth-order valence-electron chi connectivity index (χ4n) is 2.23. The van der Waals surface area contributed by atoms with Crippen LogP contribution in [0.5, 0.6) is 0 Å². The number of halogens is 1. The predicted molar refractivity (Wildman–Crippen MR) is 70.1 cm³/mol. The van der Waals surface area contributed by atoms with Gasteiger partial charge in [0.15, 0.2) is 0 Å². The minimum absolute atomic E-state index is 0.152. The average molecular weight is 312 g/mol. The molecule has 19 heavy (non-hydrogen) atoms. The predicted octanol–water partition coefficient (Wildman–Crippen LogP) is 3.36. The van der Waals surface area contributed by atoms with Crippen molar-refractivity contribution in [2.75, 3.05) is 13.6 Å². The highest BCUT2D eigenvalue weighted by Crippen LogP contribution is 2.63. The second-order valence-corrected chi connectivity index (χ2v) is 7.81. The fourth-order valence-corrected chi connectivity index (χ4v) is 5.38. The number of fused-ring (bicyclic) bond motifs is 1. The smallest absolute Gasteiger partial charge is 0.290 e. The molecule has 2 rings (SSSR count). The Bertz CT molecular complexity index is 382. The summed E-state index contributed by atoms with van der Waals surface area (Å²) in [5.41, 5.74) is 0. The van der Waals surface area contributed by atoms with Gasteiger partial charge in [-0.25, -0.2) is 13.7 Å². The van der Waals surface area contributed by atoms with Crippen molar-refractivity contribution in [3.8, 4) is 0 Å². The number of hydrogen-bond acceptors (Lipinski definition) is 5. The Morgan fingerprint density at radius 1 is 1.37 bits per heavy atom. The first-order chi connectivity index (χ1) is 8.96. The molecule has 0 N–H and O–H groups in total. The van der Waals surface area contributed by atoms with Crippen LogP contribution in [0.3, 0.4) is 0 Å². The standard InChI is InChI=1S/C10H18FN2O4PS/c1-3-13(19-12(2)10(11)14)18(15)16-8-6-4-5-7-9(8)17-18/h8-9H,3-7H2,1-2H3. The van der Waals surface area contributed by atoms with Gasteiger partial charge in [0.2, 0.25) is 0 Å². The van der Waals surface area contributed by atoms with Crippen LogP contribution < -0.4 is 0 Å². The Labute approximate surface area is 116 Å². The second-order valence-electron chi connectivity index (χ2n) is 4.54. The summed E-state index contributed by atoms with van der Waals surface area (Å²) in [4.78, 5) is 10.6. The third-order valence-electron chi connectivity index (χ3n) is 3.19. The van der Waals surface area contributed by atoms with Crippen LogP contribution in [0.15, 0.2) is 0 Å². The molecule has 1 saturated carbocycles. The molecule has 6 nitrogen and oxygen atoms in total. The molecule has 2 aliphatic rings. The zero-order chi connectivity index (χ0) is 14.0. The Hall–Kier alpha value is -0.140. The van der Waals surface area contributed by atoms with Gasteiger partial charge in [0.25, 0.3) is 0 Å². The summed E-state index contributed by atoms with van der Waals surface area (Å²) in [7, 11) is -2.17. The van der Waals surface area contributed by atoms with Crippen LogP contribution in [0.1, 0.15) is 32.6 Å². The van der Waals surface area contributed by atoms with Crippen LogP contribution in [0.25, 0.3) is 0 Å². The van der Waals surface area contributed by atoms with Crippen LogP contribution in [0.2, 0.25) is 0 Å². The van der Waals surface area contributed by atoms with Crippen molar-refractivity contribution < 1.29 is 22.8 Å². The highest BCUT2D eigenvalue weighted by atomic mass is 32.2. The van der Waals surface area contributed by atoms with Crippen LogP contribution >= 0.6 is 19.9 Å². The van der Waals surface area contributed by atoms with E-state index >= 15 is 0 Å². The molecule has 1 aliphatic carbocycles. The molecule has 0 aromatic rings. The summed E-state index contributed by atoms with van der Waals surface area (Å²) in [6.45, 7) is 2.07. The number of amides is 1. The maximum Gasteiger partial charge on any atom is 0.419 e. The Morgan fingerprint density at radius 2 is 1.89 bits per heavy atom. The first-order valence-corrected chi connectivity index (χ1v) is 8.55. The summed E-state index contributed by atoms with van der Waals surface area (Å²) in [6, 6.07) is 0. The number of hydrogen-bond donors (Lipinski definition) is 0. The van der Waals surface area contributed by atoms with Gasteiger partial charge in [-0.1, -0.05) is 19.8 Å². The molecule has 1 amide bonds. The maximum atomic E-state index is 12.7. The van der Waals surface area contributed by atoms with Gasteiger partial charge in [-0.15, -0.1) is 8.47 Å². The van der Waals surface area contributed by atoms with E-state index in [1.807, 2.05) is 0 Å². The van der Waals surface area contributed by atoms with Crippen molar-refractivity contribution in [3.63, 3.8) is 0 Å². The molecule has 2 unspecified atom stereocenters. The second kappa shape index (κ2) is 6.10. The highest BCUT2D eigenvalue weighted by molar-refractivity contribution is 7.99. The summed E-state index contributed by atoms with van der Waals surface area (Å²) >= 11 is 0.723. The number of nitrogens with zero attached hydrogens (tertiary/aromatic N) is 2. The summed E-state index contributed by atoms with van der Waals surface area (Å²) in [6.07, 6.45) is 1.82. The number of rotatable bonds is 4. The summed E-state index contributed by atoms with van der Waals surface area (Å²) in [5, 5.41) is 0. The Morgan fingerprint density at radius 3 is 2.32 bits per heavy atom. The van der Waals surface area contributed by atoms with E-state index in [9.17, 15) is 13.8 Å². The monoisotopic (exact) mass is 312 g/mol. The third kappa shape index (κ3) is 3.31. The molecule has 2 fully saturated rings. The van der Waals surface area contributed by atoms with E-state index < -0.39 is 13.9 Å². The Balaban J connectivity index is 2.05. The lowest BCUT2D eigenvalue weighted by Crippen LogP contribution is -2.25. The van der Waals surface area contributed by atoms with Gasteiger partial charge in [0.1, 0.15) is 0 Å². The maximum absolute atomic E-state index is 12.7. The molecular formula is C10H18FN2O4PS. The Kier molecular flexibility index (Phi) is 4.89. The average Bonchev–Trinajstić information content (AvgIpc) is 2.72. The largest absolute Gasteiger partial charge is 0.419 e. The van der Waals surface area contributed by atoms with Crippen molar-refractivity contribution in [1.82, 2.24) is 8.38 Å². The van der Waals surface area contributed by atoms with E-state index in [-0.39, 0.29) is 12.2 Å². The molecule has 0 aromatic carbocycles. The van der Waals surface area contributed by atoms with Crippen molar-refractivity contribution in [1.29, 1.82) is 0 Å². The lowest BCUT2D eigenvalue weighted by molar-refractivity contribution is 0.110. The summed E-state index contributed by atoms with van der Waals surface area (Å²) in [5.74, 6) is 0. The van der Waals surface area contributed by atoms with E-state index in [0.29, 0.717) is 6.54 Å². The molecule has 2 atom stereocenters. The number of carbonyl (C=O) groups excluding carboxylic acids is 1. The van der Waals surface area contributed by atoms with Crippen molar-refractivity contribution >= 4 is 26.0 Å². The molecule has 0 radical (unpaired) electrons. The van der Waals surface area contributed by atoms with Crippen LogP contribution in [-0.4, -0.2) is 40.3 Å². The topological polar surface area (TPSA) is 59.1 Å². The zero-order valence-corrected chi connectivity index (χ0v) is 12.7. The van der Waals surface area contributed by atoms with Crippen LogP contribution in [0.4, 0.5) is 9.18 Å². The molecule has 0 bridgehead atoms. The fraction of sp³-hybridized carbons (Fsp3) is 0.900. The highest BCUT2D eigenvalue weighted by Gasteiger charge is 2.49. The van der Waals surface area contributed by atoms with Gasteiger partial charge < -0.3 is 0 Å². The van der Waals surface area contributed by atoms with Crippen LogP contribution in [-0.2, 0) is 13.6 Å². The van der Waals surface area contributed by atoms with Gasteiger partial charge >= 0.3 is 13.9 Å². The molecule has 1 heterocycles. The van der Waals surface area contributed by atoms with Gasteiger partial charge in [-0.3, -0.25) is 9.05 Å². The van der Waals surface area contributed by atoms with E-state index in [2.05, 4.69) is 0 Å². The van der Waals surface area contributed by atoms with Gasteiger partial charge in [0.05, 0.1) is 24.3 Å². The molecule has 1 saturated heterocycles. The van der Waals surface area contributed by atoms with Crippen molar-refractivity contribution in [2.24, 2.45) is 0 Å². The normalized spacial score (nSPS) is 34.3. The van der Waals surface area contributed by atoms with E-state index in [1.54, 1.807) is 6.92 Å². The van der Waals surface area contributed by atoms with Crippen LogP contribution in [0, 0.1) is 0 Å². The molecule has 110 valence electrons. The van der Waals surface area contributed by atoms with E-state index in [1.165, 1.54) is 11.1 Å². The lowest BCUT2D eigenvalue weighted by atomic mass is 9.95.